The molecule has 1 amide bonds. The molecule has 106 valence electrons. The molecular formula is C14H24N4O. The fraction of sp³-hybridized carbons (Fsp3) is 0.714. The number of carbonyl (C=O) groups excluding carboxylic acids is 1. The minimum absolute atomic E-state index is 0.0776. The monoisotopic (exact) mass is 264 g/mol. The van der Waals surface area contributed by atoms with E-state index in [0.717, 1.165) is 43.9 Å². The molecule has 1 saturated heterocycles. The summed E-state index contributed by atoms with van der Waals surface area (Å²) in [7, 11) is 0. The van der Waals surface area contributed by atoms with Crippen molar-refractivity contribution in [1.29, 1.82) is 0 Å². The van der Waals surface area contributed by atoms with Crippen LogP contribution < -0.4 is 5.32 Å². The lowest BCUT2D eigenvalue weighted by molar-refractivity contribution is -0.132. The molecule has 1 atom stereocenters. The van der Waals surface area contributed by atoms with E-state index in [1.165, 1.54) is 0 Å². The minimum atomic E-state index is -0.0776. The fourth-order valence-corrected chi connectivity index (χ4v) is 2.50. The van der Waals surface area contributed by atoms with Crippen LogP contribution in [0.5, 0.6) is 0 Å². The maximum Gasteiger partial charge on any atom is 0.239 e. The zero-order valence-corrected chi connectivity index (χ0v) is 12.1. The summed E-state index contributed by atoms with van der Waals surface area (Å²) >= 11 is 0. The summed E-state index contributed by atoms with van der Waals surface area (Å²) in [5.74, 6) is 0.194. The third-order valence-electron chi connectivity index (χ3n) is 3.67. The molecule has 1 aromatic rings. The number of hydrogen-bond donors (Lipinski definition) is 1. The first-order chi connectivity index (χ1) is 9.15. The highest BCUT2D eigenvalue weighted by molar-refractivity contribution is 5.81. The van der Waals surface area contributed by atoms with Crippen molar-refractivity contribution in [3.05, 3.63) is 17.5 Å². The van der Waals surface area contributed by atoms with Crippen molar-refractivity contribution in [3.63, 3.8) is 0 Å². The lowest BCUT2D eigenvalue weighted by Gasteiger charge is -2.22. The summed E-state index contributed by atoms with van der Waals surface area (Å²) < 4.78 is 2.01. The van der Waals surface area contributed by atoms with Crippen LogP contribution in [-0.2, 0) is 24.3 Å². The summed E-state index contributed by atoms with van der Waals surface area (Å²) in [6.45, 7) is 9.40. The van der Waals surface area contributed by atoms with Crippen molar-refractivity contribution in [2.24, 2.45) is 0 Å². The highest BCUT2D eigenvalue weighted by Gasteiger charge is 2.24. The van der Waals surface area contributed by atoms with Crippen LogP contribution in [-0.4, -0.2) is 39.7 Å². The second-order valence-electron chi connectivity index (χ2n) is 5.09. The summed E-state index contributed by atoms with van der Waals surface area (Å²) in [5.41, 5.74) is 2.24. The van der Waals surface area contributed by atoms with Crippen molar-refractivity contribution in [2.45, 2.75) is 52.7 Å². The van der Waals surface area contributed by atoms with E-state index >= 15 is 0 Å². The maximum absolute atomic E-state index is 12.3. The summed E-state index contributed by atoms with van der Waals surface area (Å²) in [4.78, 5) is 14.2. The highest BCUT2D eigenvalue weighted by Crippen LogP contribution is 2.12. The third-order valence-corrected chi connectivity index (χ3v) is 3.67. The first-order valence-corrected chi connectivity index (χ1v) is 7.23. The standard InChI is InChI=1S/C14H24N4O/c1-4-12-9-13(18(5-2)16-12)10-17-8-6-7-15-11(3)14(17)19/h9,11,15H,4-8,10H2,1-3H3. The quantitative estimate of drug-likeness (QED) is 0.888. The van der Waals surface area contributed by atoms with Crippen LogP contribution in [0.4, 0.5) is 0 Å². The van der Waals surface area contributed by atoms with E-state index in [-0.39, 0.29) is 11.9 Å². The van der Waals surface area contributed by atoms with Crippen molar-refractivity contribution in [3.8, 4) is 0 Å². The molecule has 1 aliphatic heterocycles. The largest absolute Gasteiger partial charge is 0.335 e. The average Bonchev–Trinajstić information content (AvgIpc) is 2.75. The van der Waals surface area contributed by atoms with E-state index in [1.54, 1.807) is 0 Å². The van der Waals surface area contributed by atoms with Gasteiger partial charge in [-0.3, -0.25) is 9.48 Å². The van der Waals surface area contributed by atoms with Crippen LogP contribution in [0.1, 0.15) is 38.6 Å². The van der Waals surface area contributed by atoms with Crippen molar-refractivity contribution >= 4 is 5.91 Å². The number of rotatable bonds is 4. The fourth-order valence-electron chi connectivity index (χ4n) is 2.50. The first-order valence-electron chi connectivity index (χ1n) is 7.23. The zero-order valence-electron chi connectivity index (χ0n) is 12.1. The van der Waals surface area contributed by atoms with Gasteiger partial charge in [-0.25, -0.2) is 0 Å². The molecule has 1 unspecified atom stereocenters. The Bertz CT molecular complexity index is 441. The second-order valence-corrected chi connectivity index (χ2v) is 5.09. The SMILES string of the molecule is CCc1cc(CN2CCCNC(C)C2=O)n(CC)n1. The van der Waals surface area contributed by atoms with Gasteiger partial charge < -0.3 is 10.2 Å². The Kier molecular flexibility index (Phi) is 4.58. The van der Waals surface area contributed by atoms with Gasteiger partial charge in [-0.2, -0.15) is 5.10 Å². The number of nitrogens with zero attached hydrogens (tertiary/aromatic N) is 3. The molecule has 1 aromatic heterocycles. The lowest BCUT2D eigenvalue weighted by atomic mass is 10.2. The molecule has 5 heteroatoms. The molecule has 5 nitrogen and oxygen atoms in total. The van der Waals surface area contributed by atoms with Crippen LogP contribution in [0.2, 0.25) is 0 Å². The molecular weight excluding hydrogens is 240 g/mol. The Hall–Kier alpha value is -1.36. The Balaban J connectivity index is 2.14. The molecule has 1 N–H and O–H groups in total. The topological polar surface area (TPSA) is 50.2 Å². The van der Waals surface area contributed by atoms with E-state index in [2.05, 4.69) is 30.3 Å². The Labute approximate surface area is 115 Å². The molecule has 19 heavy (non-hydrogen) atoms. The predicted molar refractivity (Wildman–Crippen MR) is 74.8 cm³/mol. The Morgan fingerprint density at radius 2 is 2.26 bits per heavy atom. The van der Waals surface area contributed by atoms with E-state index < -0.39 is 0 Å². The first kappa shape index (κ1) is 14.1. The molecule has 2 heterocycles. The number of amides is 1. The van der Waals surface area contributed by atoms with E-state index in [4.69, 9.17) is 0 Å². The van der Waals surface area contributed by atoms with Crippen LogP contribution >= 0.6 is 0 Å². The Morgan fingerprint density at radius 1 is 1.47 bits per heavy atom. The van der Waals surface area contributed by atoms with Gasteiger partial charge in [0.05, 0.1) is 24.0 Å². The van der Waals surface area contributed by atoms with E-state index in [0.29, 0.717) is 6.54 Å². The van der Waals surface area contributed by atoms with E-state index in [1.807, 2.05) is 16.5 Å². The third kappa shape index (κ3) is 3.15. The lowest BCUT2D eigenvalue weighted by Crippen LogP contribution is -2.41. The van der Waals surface area contributed by atoms with Crippen molar-refractivity contribution in [2.75, 3.05) is 13.1 Å². The molecule has 1 fully saturated rings. The van der Waals surface area contributed by atoms with Gasteiger partial charge in [0.15, 0.2) is 0 Å². The number of hydrogen-bond acceptors (Lipinski definition) is 3. The molecule has 0 radical (unpaired) electrons. The van der Waals surface area contributed by atoms with E-state index in [9.17, 15) is 4.79 Å². The number of aromatic nitrogens is 2. The molecule has 1 aliphatic rings. The van der Waals surface area contributed by atoms with Crippen LogP contribution in [0.25, 0.3) is 0 Å². The van der Waals surface area contributed by atoms with Gasteiger partial charge in [0.1, 0.15) is 0 Å². The normalized spacial score (nSPS) is 20.7. The highest BCUT2D eigenvalue weighted by atomic mass is 16.2. The van der Waals surface area contributed by atoms with Gasteiger partial charge in [-0.1, -0.05) is 6.92 Å². The molecule has 0 aliphatic carbocycles. The predicted octanol–water partition coefficient (Wildman–Crippen LogP) is 1.18. The summed E-state index contributed by atoms with van der Waals surface area (Å²) in [6, 6.07) is 2.05. The second kappa shape index (κ2) is 6.19. The van der Waals surface area contributed by atoms with Crippen LogP contribution in [0.15, 0.2) is 6.07 Å². The van der Waals surface area contributed by atoms with Gasteiger partial charge in [0.2, 0.25) is 5.91 Å². The smallest absolute Gasteiger partial charge is 0.239 e. The van der Waals surface area contributed by atoms with Gasteiger partial charge >= 0.3 is 0 Å². The summed E-state index contributed by atoms with van der Waals surface area (Å²) in [6.07, 6.45) is 1.95. The van der Waals surface area contributed by atoms with Gasteiger partial charge in [0.25, 0.3) is 0 Å². The average molecular weight is 264 g/mol. The number of nitrogens with one attached hydrogen (secondary N) is 1. The molecule has 2 rings (SSSR count). The van der Waals surface area contributed by atoms with Gasteiger partial charge in [0, 0.05) is 13.1 Å². The molecule has 0 spiro atoms. The molecule has 0 aromatic carbocycles. The Morgan fingerprint density at radius 3 is 2.95 bits per heavy atom. The molecule has 0 saturated carbocycles. The van der Waals surface area contributed by atoms with Crippen LogP contribution in [0.3, 0.4) is 0 Å². The zero-order chi connectivity index (χ0) is 13.8. The minimum Gasteiger partial charge on any atom is -0.335 e. The summed E-state index contributed by atoms with van der Waals surface area (Å²) in [5, 5.41) is 7.78. The van der Waals surface area contributed by atoms with Gasteiger partial charge in [-0.15, -0.1) is 0 Å². The number of carbonyl (C=O) groups is 1. The van der Waals surface area contributed by atoms with Crippen molar-refractivity contribution < 1.29 is 4.79 Å². The number of aryl methyl sites for hydroxylation is 2. The maximum atomic E-state index is 12.3. The van der Waals surface area contributed by atoms with Crippen LogP contribution in [0, 0.1) is 0 Å². The molecule has 0 bridgehead atoms. The van der Waals surface area contributed by atoms with Gasteiger partial charge in [-0.05, 0) is 39.3 Å². The van der Waals surface area contributed by atoms with Crippen molar-refractivity contribution in [1.82, 2.24) is 20.0 Å².